The molecule has 3 heterocycles. The average Bonchev–Trinajstić information content (AvgIpc) is 3.41. The molecule has 1 unspecified atom stereocenters. The highest BCUT2D eigenvalue weighted by Gasteiger charge is 2.30. The van der Waals surface area contributed by atoms with Crippen LogP contribution in [0.15, 0.2) is 60.2 Å². The van der Waals surface area contributed by atoms with Crippen molar-refractivity contribution >= 4 is 17.4 Å². The molecule has 26 heavy (non-hydrogen) atoms. The van der Waals surface area contributed by atoms with E-state index in [-0.39, 0.29) is 12.1 Å². The Morgan fingerprint density at radius 2 is 2.08 bits per heavy atom. The molecule has 6 heteroatoms. The fraction of sp³-hybridized carbons (Fsp3) is 0.300. The van der Waals surface area contributed by atoms with Gasteiger partial charge in [0.05, 0.1) is 12.6 Å². The highest BCUT2D eigenvalue weighted by molar-refractivity contribution is 7.10. The van der Waals surface area contributed by atoms with E-state index >= 15 is 0 Å². The van der Waals surface area contributed by atoms with Gasteiger partial charge in [-0.1, -0.05) is 30.3 Å². The maximum absolute atomic E-state index is 12.8. The quantitative estimate of drug-likeness (QED) is 0.741. The van der Waals surface area contributed by atoms with Gasteiger partial charge in [-0.3, -0.25) is 4.68 Å². The lowest BCUT2D eigenvalue weighted by Crippen LogP contribution is -2.39. The van der Waals surface area contributed by atoms with Crippen LogP contribution in [0.4, 0.5) is 4.79 Å². The molecule has 0 saturated carbocycles. The van der Waals surface area contributed by atoms with Gasteiger partial charge in [0.1, 0.15) is 0 Å². The number of nitrogens with zero attached hydrogens (tertiary/aromatic N) is 3. The molecule has 1 aromatic carbocycles. The van der Waals surface area contributed by atoms with Gasteiger partial charge >= 0.3 is 6.03 Å². The molecule has 1 saturated heterocycles. The van der Waals surface area contributed by atoms with Crippen molar-refractivity contribution in [2.75, 3.05) is 6.54 Å². The molecule has 5 nitrogen and oxygen atoms in total. The molecule has 2 aromatic heterocycles. The average molecular weight is 366 g/mol. The van der Waals surface area contributed by atoms with Gasteiger partial charge in [0, 0.05) is 30.4 Å². The number of benzene rings is 1. The van der Waals surface area contributed by atoms with Gasteiger partial charge in [-0.15, -0.1) is 11.3 Å². The fourth-order valence-electron chi connectivity index (χ4n) is 3.51. The van der Waals surface area contributed by atoms with Gasteiger partial charge in [-0.25, -0.2) is 4.79 Å². The van der Waals surface area contributed by atoms with Crippen molar-refractivity contribution in [1.82, 2.24) is 20.0 Å². The van der Waals surface area contributed by atoms with Gasteiger partial charge in [-0.05, 0) is 41.5 Å². The monoisotopic (exact) mass is 366 g/mol. The number of amides is 2. The van der Waals surface area contributed by atoms with Crippen LogP contribution in [0.3, 0.4) is 0 Å². The maximum Gasteiger partial charge on any atom is 0.318 e. The van der Waals surface area contributed by atoms with Crippen molar-refractivity contribution in [2.45, 2.75) is 32.0 Å². The minimum absolute atomic E-state index is 0.0230. The summed E-state index contributed by atoms with van der Waals surface area (Å²) in [4.78, 5) is 16.0. The molecule has 1 aliphatic rings. The third-order valence-corrected chi connectivity index (χ3v) is 5.80. The van der Waals surface area contributed by atoms with Crippen molar-refractivity contribution in [2.24, 2.45) is 0 Å². The second-order valence-corrected chi connectivity index (χ2v) is 7.48. The summed E-state index contributed by atoms with van der Waals surface area (Å²) in [6.07, 6.45) is 5.84. The number of thiophene rings is 1. The van der Waals surface area contributed by atoms with Crippen LogP contribution in [0, 0.1) is 0 Å². The standard InChI is InChI=1S/C20H22N4OS/c25-20(24-12-3-8-18(24)19-9-4-13-26-19)21-14-16-6-1-2-7-17(16)15-23-11-5-10-22-23/h1-2,4-7,9-11,13,18H,3,8,12,14-15H2,(H,21,25). The third-order valence-electron chi connectivity index (χ3n) is 4.83. The minimum atomic E-state index is 0.0230. The molecule has 1 atom stereocenters. The maximum atomic E-state index is 12.8. The summed E-state index contributed by atoms with van der Waals surface area (Å²) in [7, 11) is 0. The number of nitrogens with one attached hydrogen (secondary N) is 1. The smallest absolute Gasteiger partial charge is 0.318 e. The van der Waals surface area contributed by atoms with Crippen molar-refractivity contribution in [3.63, 3.8) is 0 Å². The van der Waals surface area contributed by atoms with Crippen LogP contribution in [-0.4, -0.2) is 27.3 Å². The van der Waals surface area contributed by atoms with E-state index in [4.69, 9.17) is 0 Å². The molecular weight excluding hydrogens is 344 g/mol. The van der Waals surface area contributed by atoms with E-state index in [0.29, 0.717) is 13.1 Å². The Balaban J connectivity index is 1.42. The lowest BCUT2D eigenvalue weighted by Gasteiger charge is -2.24. The first-order chi connectivity index (χ1) is 12.8. The summed E-state index contributed by atoms with van der Waals surface area (Å²) in [5.74, 6) is 0. The van der Waals surface area contributed by atoms with Crippen LogP contribution in [-0.2, 0) is 13.1 Å². The first-order valence-corrected chi connectivity index (χ1v) is 9.81. The third kappa shape index (κ3) is 3.65. The predicted molar refractivity (Wildman–Crippen MR) is 103 cm³/mol. The van der Waals surface area contributed by atoms with E-state index in [1.807, 2.05) is 34.0 Å². The second kappa shape index (κ2) is 7.74. The van der Waals surface area contributed by atoms with Crippen molar-refractivity contribution in [3.05, 3.63) is 76.2 Å². The SMILES string of the molecule is O=C(NCc1ccccc1Cn1cccn1)N1CCCC1c1cccs1. The zero-order valence-electron chi connectivity index (χ0n) is 14.5. The molecule has 1 fully saturated rings. The summed E-state index contributed by atoms with van der Waals surface area (Å²) >= 11 is 1.73. The molecule has 0 bridgehead atoms. The van der Waals surface area contributed by atoms with Crippen LogP contribution in [0.5, 0.6) is 0 Å². The lowest BCUT2D eigenvalue weighted by molar-refractivity contribution is 0.193. The molecule has 4 rings (SSSR count). The number of carbonyl (C=O) groups is 1. The number of carbonyl (C=O) groups excluding carboxylic acids is 1. The molecule has 1 N–H and O–H groups in total. The molecule has 0 aliphatic carbocycles. The van der Waals surface area contributed by atoms with Crippen LogP contribution in [0.25, 0.3) is 0 Å². The first-order valence-electron chi connectivity index (χ1n) is 8.93. The lowest BCUT2D eigenvalue weighted by atomic mass is 10.1. The second-order valence-electron chi connectivity index (χ2n) is 6.50. The van der Waals surface area contributed by atoms with Crippen LogP contribution >= 0.6 is 11.3 Å². The van der Waals surface area contributed by atoms with E-state index in [9.17, 15) is 4.79 Å². The van der Waals surface area contributed by atoms with E-state index in [1.165, 1.54) is 10.4 Å². The summed E-state index contributed by atoms with van der Waals surface area (Å²) in [6.45, 7) is 2.06. The summed E-state index contributed by atoms with van der Waals surface area (Å²) in [5.41, 5.74) is 2.30. The molecule has 3 aromatic rings. The van der Waals surface area contributed by atoms with E-state index in [2.05, 4.69) is 40.1 Å². The number of urea groups is 1. The Labute approximate surface area is 157 Å². The zero-order valence-corrected chi connectivity index (χ0v) is 15.4. The highest BCUT2D eigenvalue weighted by Crippen LogP contribution is 2.34. The van der Waals surface area contributed by atoms with Crippen LogP contribution in [0.2, 0.25) is 0 Å². The highest BCUT2D eigenvalue weighted by atomic mass is 32.1. The van der Waals surface area contributed by atoms with E-state index < -0.39 is 0 Å². The molecule has 0 spiro atoms. The summed E-state index contributed by atoms with van der Waals surface area (Å²) < 4.78 is 1.90. The van der Waals surface area contributed by atoms with Gasteiger partial charge in [0.15, 0.2) is 0 Å². The largest absolute Gasteiger partial charge is 0.334 e. The molecule has 1 aliphatic heterocycles. The van der Waals surface area contributed by atoms with Crippen molar-refractivity contribution < 1.29 is 4.79 Å². The Hall–Kier alpha value is -2.60. The van der Waals surface area contributed by atoms with Crippen LogP contribution in [0.1, 0.15) is 34.9 Å². The Morgan fingerprint density at radius 1 is 1.19 bits per heavy atom. The summed E-state index contributed by atoms with van der Waals surface area (Å²) in [5, 5.41) is 9.46. The van der Waals surface area contributed by atoms with Gasteiger partial charge < -0.3 is 10.2 Å². The van der Waals surface area contributed by atoms with Gasteiger partial charge in [0.25, 0.3) is 0 Å². The summed E-state index contributed by atoms with van der Waals surface area (Å²) in [6, 6.07) is 14.5. The number of hydrogen-bond acceptors (Lipinski definition) is 3. The van der Waals surface area contributed by atoms with Gasteiger partial charge in [0.2, 0.25) is 0 Å². The topological polar surface area (TPSA) is 50.2 Å². The Morgan fingerprint density at radius 3 is 2.85 bits per heavy atom. The molecular formula is C20H22N4OS. The van der Waals surface area contributed by atoms with E-state index in [1.54, 1.807) is 17.5 Å². The number of hydrogen-bond donors (Lipinski definition) is 1. The first kappa shape index (κ1) is 16.8. The zero-order chi connectivity index (χ0) is 17.8. The van der Waals surface area contributed by atoms with Crippen LogP contribution < -0.4 is 5.32 Å². The number of rotatable bonds is 5. The fourth-order valence-corrected chi connectivity index (χ4v) is 4.39. The van der Waals surface area contributed by atoms with Crippen molar-refractivity contribution in [3.8, 4) is 0 Å². The predicted octanol–water partition coefficient (Wildman–Crippen LogP) is 4.04. The Bertz CT molecular complexity index is 845. The molecule has 0 radical (unpaired) electrons. The minimum Gasteiger partial charge on any atom is -0.334 e. The number of likely N-dealkylation sites (tertiary alicyclic amines) is 1. The molecule has 2 amide bonds. The number of aromatic nitrogens is 2. The Kier molecular flexibility index (Phi) is 5.02. The van der Waals surface area contributed by atoms with Crippen molar-refractivity contribution in [1.29, 1.82) is 0 Å². The molecule has 134 valence electrons. The van der Waals surface area contributed by atoms with Gasteiger partial charge in [-0.2, -0.15) is 5.10 Å². The normalized spacial score (nSPS) is 16.8. The van der Waals surface area contributed by atoms with E-state index in [0.717, 1.165) is 24.9 Å².